The van der Waals surface area contributed by atoms with Crippen LogP contribution in [0, 0.1) is 5.92 Å². The summed E-state index contributed by atoms with van der Waals surface area (Å²) in [4.78, 5) is 29.2. The summed E-state index contributed by atoms with van der Waals surface area (Å²) in [5, 5.41) is 0. The lowest BCUT2D eigenvalue weighted by atomic mass is 9.77. The van der Waals surface area contributed by atoms with Crippen molar-refractivity contribution < 1.29 is 4.79 Å². The van der Waals surface area contributed by atoms with Gasteiger partial charge in [0.2, 0.25) is 5.91 Å². The smallest absolute Gasteiger partial charge is 0.250 e. The van der Waals surface area contributed by atoms with E-state index in [0.29, 0.717) is 24.3 Å². The minimum absolute atomic E-state index is 0.116. The molecule has 3 unspecified atom stereocenters. The molecule has 2 fully saturated rings. The molecule has 2 bridgehead atoms. The molecule has 24 heavy (non-hydrogen) atoms. The van der Waals surface area contributed by atoms with Crippen LogP contribution >= 0.6 is 0 Å². The van der Waals surface area contributed by atoms with Crippen molar-refractivity contribution in [2.24, 2.45) is 5.92 Å². The first-order valence-corrected chi connectivity index (χ1v) is 9.00. The Bertz CT molecular complexity index is 711. The molecule has 0 N–H and O–H groups in total. The topological polar surface area (TPSA) is 45.6 Å². The summed E-state index contributed by atoms with van der Waals surface area (Å²) in [5.74, 6) is 1.16. The minimum atomic E-state index is 0.116. The number of piperazine rings is 1. The number of carbonyl (C=O) groups excluding carboxylic acids is 1. The quantitative estimate of drug-likeness (QED) is 0.789. The van der Waals surface area contributed by atoms with Gasteiger partial charge in [-0.15, -0.1) is 6.58 Å². The third-order valence-electron chi connectivity index (χ3n) is 5.95. The lowest BCUT2D eigenvalue weighted by molar-refractivity contribution is -0.136. The molecule has 3 atom stereocenters. The van der Waals surface area contributed by atoms with Crippen molar-refractivity contribution in [3.05, 3.63) is 46.9 Å². The van der Waals surface area contributed by atoms with Gasteiger partial charge in [-0.2, -0.15) is 0 Å². The number of aromatic nitrogens is 1. The van der Waals surface area contributed by atoms with E-state index in [1.807, 2.05) is 21.6 Å². The molecule has 5 heteroatoms. The maximum Gasteiger partial charge on any atom is 0.250 e. The molecule has 0 aromatic carbocycles. The van der Waals surface area contributed by atoms with Crippen LogP contribution in [0.2, 0.25) is 0 Å². The number of rotatable bonds is 3. The lowest BCUT2D eigenvalue weighted by Gasteiger charge is -2.52. The maximum atomic E-state index is 12.4. The van der Waals surface area contributed by atoms with Crippen LogP contribution in [-0.4, -0.2) is 52.5 Å². The number of piperidine rings is 1. The minimum Gasteiger partial charge on any atom is -0.340 e. The second kappa shape index (κ2) is 6.20. The summed E-state index contributed by atoms with van der Waals surface area (Å²) in [7, 11) is 0. The highest BCUT2D eigenvalue weighted by molar-refractivity contribution is 5.76. The molecule has 1 aromatic rings. The molecule has 3 aliphatic heterocycles. The molecule has 4 heterocycles. The maximum absolute atomic E-state index is 12.4. The van der Waals surface area contributed by atoms with E-state index >= 15 is 0 Å². The van der Waals surface area contributed by atoms with E-state index in [-0.39, 0.29) is 11.5 Å². The highest BCUT2D eigenvalue weighted by atomic mass is 16.2. The predicted octanol–water partition coefficient (Wildman–Crippen LogP) is 1.44. The molecule has 4 rings (SSSR count). The largest absolute Gasteiger partial charge is 0.340 e. The fourth-order valence-corrected chi connectivity index (χ4v) is 4.74. The van der Waals surface area contributed by atoms with Crippen LogP contribution in [0.15, 0.2) is 35.6 Å². The van der Waals surface area contributed by atoms with E-state index in [4.69, 9.17) is 0 Å². The van der Waals surface area contributed by atoms with Crippen LogP contribution in [0.5, 0.6) is 0 Å². The van der Waals surface area contributed by atoms with Gasteiger partial charge in [0.05, 0.1) is 0 Å². The molecule has 3 aliphatic rings. The number of nitrogens with zero attached hydrogens (tertiary/aromatic N) is 3. The average molecular weight is 327 g/mol. The average Bonchev–Trinajstić information content (AvgIpc) is 2.60. The Hall–Kier alpha value is -1.88. The van der Waals surface area contributed by atoms with Crippen molar-refractivity contribution >= 4 is 5.91 Å². The van der Waals surface area contributed by atoms with Gasteiger partial charge >= 0.3 is 0 Å². The molecule has 2 saturated heterocycles. The van der Waals surface area contributed by atoms with Crippen molar-refractivity contribution in [1.29, 1.82) is 0 Å². The van der Waals surface area contributed by atoms with Gasteiger partial charge in [0.1, 0.15) is 0 Å². The molecule has 0 radical (unpaired) electrons. The Morgan fingerprint density at radius 2 is 2.12 bits per heavy atom. The van der Waals surface area contributed by atoms with E-state index in [2.05, 4.69) is 17.5 Å². The number of amides is 1. The van der Waals surface area contributed by atoms with Crippen molar-refractivity contribution in [3.63, 3.8) is 0 Å². The first-order valence-electron chi connectivity index (χ1n) is 9.00. The molecule has 128 valence electrons. The van der Waals surface area contributed by atoms with Crippen LogP contribution in [0.1, 0.15) is 30.9 Å². The van der Waals surface area contributed by atoms with E-state index in [9.17, 15) is 9.59 Å². The zero-order valence-electron chi connectivity index (χ0n) is 14.1. The Morgan fingerprint density at radius 1 is 1.25 bits per heavy atom. The van der Waals surface area contributed by atoms with Crippen LogP contribution in [0.4, 0.5) is 0 Å². The van der Waals surface area contributed by atoms with Gasteiger partial charge in [-0.1, -0.05) is 12.1 Å². The highest BCUT2D eigenvalue weighted by Gasteiger charge is 2.43. The fraction of sp³-hybridized carbons (Fsp3) is 0.579. The zero-order valence-corrected chi connectivity index (χ0v) is 14.1. The van der Waals surface area contributed by atoms with Gasteiger partial charge in [-0.25, -0.2) is 0 Å². The van der Waals surface area contributed by atoms with Crippen LogP contribution < -0.4 is 5.56 Å². The first kappa shape index (κ1) is 15.6. The highest BCUT2D eigenvalue weighted by Crippen LogP contribution is 2.39. The van der Waals surface area contributed by atoms with Crippen molar-refractivity contribution in [2.75, 3.05) is 26.2 Å². The summed E-state index contributed by atoms with van der Waals surface area (Å²) in [6, 6.07) is 6.05. The second-order valence-corrected chi connectivity index (χ2v) is 7.32. The third kappa shape index (κ3) is 2.61. The van der Waals surface area contributed by atoms with Gasteiger partial charge < -0.3 is 9.47 Å². The molecule has 0 saturated carbocycles. The molecular formula is C19H25N3O2. The zero-order chi connectivity index (χ0) is 16.7. The Morgan fingerprint density at radius 3 is 2.96 bits per heavy atom. The fourth-order valence-electron chi connectivity index (χ4n) is 4.74. The molecule has 1 amide bonds. The number of carbonyl (C=O) groups is 1. The second-order valence-electron chi connectivity index (χ2n) is 7.32. The summed E-state index contributed by atoms with van der Waals surface area (Å²) in [6.45, 7) is 8.10. The van der Waals surface area contributed by atoms with E-state index in [1.165, 1.54) is 5.69 Å². The SMILES string of the molecule is C=CCCC(=O)N1CCN2CC3CC(Cn4c3cccc4=O)C2C1. The van der Waals surface area contributed by atoms with Crippen LogP contribution in [0.3, 0.4) is 0 Å². The molecule has 5 nitrogen and oxygen atoms in total. The Balaban J connectivity index is 1.54. The standard InChI is InChI=1S/C19H25N3O2/c1-2-3-6-18(23)21-9-8-20-11-14-10-15(17(20)13-21)12-22-16(14)5-4-7-19(22)24/h2,4-5,7,14-15,17H,1,3,6,8-13H2. The normalized spacial score (nSPS) is 28.8. The van der Waals surface area contributed by atoms with Gasteiger partial charge in [0.15, 0.2) is 0 Å². The predicted molar refractivity (Wildman–Crippen MR) is 92.9 cm³/mol. The number of hydrogen-bond donors (Lipinski definition) is 0. The van der Waals surface area contributed by atoms with E-state index < -0.39 is 0 Å². The number of pyridine rings is 1. The van der Waals surface area contributed by atoms with Gasteiger partial charge in [0, 0.05) is 62.9 Å². The number of hydrogen-bond acceptors (Lipinski definition) is 3. The first-order chi connectivity index (χ1) is 11.7. The van der Waals surface area contributed by atoms with Crippen molar-refractivity contribution in [3.8, 4) is 0 Å². The summed E-state index contributed by atoms with van der Waals surface area (Å²) in [6.07, 6.45) is 4.26. The molecular weight excluding hydrogens is 302 g/mol. The van der Waals surface area contributed by atoms with Gasteiger partial charge in [-0.3, -0.25) is 14.5 Å². The van der Waals surface area contributed by atoms with Gasteiger partial charge in [0.25, 0.3) is 5.56 Å². The summed E-state index contributed by atoms with van der Waals surface area (Å²) >= 11 is 0. The van der Waals surface area contributed by atoms with Crippen molar-refractivity contribution in [2.45, 2.75) is 37.8 Å². The number of fused-ring (bicyclic) bond motifs is 6. The molecule has 0 aliphatic carbocycles. The summed E-state index contributed by atoms with van der Waals surface area (Å²) in [5.41, 5.74) is 1.31. The number of allylic oxidation sites excluding steroid dienone is 1. The van der Waals surface area contributed by atoms with Crippen molar-refractivity contribution in [1.82, 2.24) is 14.4 Å². The van der Waals surface area contributed by atoms with Crippen LogP contribution in [-0.2, 0) is 11.3 Å². The third-order valence-corrected chi connectivity index (χ3v) is 5.95. The Kier molecular flexibility index (Phi) is 4.04. The van der Waals surface area contributed by atoms with E-state index in [0.717, 1.165) is 45.6 Å². The van der Waals surface area contributed by atoms with E-state index in [1.54, 1.807) is 6.07 Å². The lowest BCUT2D eigenvalue weighted by Crippen LogP contribution is -2.62. The monoisotopic (exact) mass is 327 g/mol. The summed E-state index contributed by atoms with van der Waals surface area (Å²) < 4.78 is 1.97. The molecule has 1 aromatic heterocycles. The van der Waals surface area contributed by atoms with Gasteiger partial charge in [-0.05, 0) is 24.8 Å². The molecule has 0 spiro atoms. The Labute approximate surface area is 142 Å². The van der Waals surface area contributed by atoms with Crippen LogP contribution in [0.25, 0.3) is 0 Å².